The average molecular weight is 254 g/mol. The van der Waals surface area contributed by atoms with E-state index in [0.29, 0.717) is 17.3 Å². The van der Waals surface area contributed by atoms with Crippen molar-refractivity contribution in [3.05, 3.63) is 47.5 Å². The molecular weight excluding hydrogens is 232 g/mol. The predicted octanol–water partition coefficient (Wildman–Crippen LogP) is 3.73. The molecule has 0 bridgehead atoms. The zero-order chi connectivity index (χ0) is 13.1. The lowest BCUT2D eigenvalue weighted by atomic mass is 9.46. The number of ether oxygens (including phenoxy) is 1. The maximum Gasteiger partial charge on any atom is 0.0575 e. The molecule has 100 valence electrons. The largest absolute Gasteiger partial charge is 0.380 e. The summed E-state index contributed by atoms with van der Waals surface area (Å²) in [7, 11) is 0. The zero-order valence-corrected chi connectivity index (χ0v) is 11.9. The Morgan fingerprint density at radius 1 is 1.05 bits per heavy atom. The molecule has 4 rings (SSSR count). The van der Waals surface area contributed by atoms with E-state index < -0.39 is 0 Å². The highest BCUT2D eigenvalue weighted by molar-refractivity contribution is 5.45. The first-order valence-electron chi connectivity index (χ1n) is 7.55. The van der Waals surface area contributed by atoms with Crippen LogP contribution in [0.4, 0.5) is 0 Å². The van der Waals surface area contributed by atoms with Crippen LogP contribution in [0, 0.1) is 17.3 Å². The van der Waals surface area contributed by atoms with Crippen molar-refractivity contribution in [3.63, 3.8) is 0 Å². The van der Waals surface area contributed by atoms with Crippen molar-refractivity contribution in [1.29, 1.82) is 0 Å². The molecule has 1 saturated heterocycles. The van der Waals surface area contributed by atoms with Gasteiger partial charge in [-0.05, 0) is 35.8 Å². The third kappa shape index (κ3) is 1.20. The second kappa shape index (κ2) is 3.73. The minimum Gasteiger partial charge on any atom is -0.380 e. The monoisotopic (exact) mass is 254 g/mol. The number of fused-ring (bicyclic) bond motifs is 1. The van der Waals surface area contributed by atoms with Gasteiger partial charge in [0.15, 0.2) is 0 Å². The van der Waals surface area contributed by atoms with E-state index >= 15 is 0 Å². The van der Waals surface area contributed by atoms with Crippen LogP contribution < -0.4 is 0 Å². The van der Waals surface area contributed by atoms with Crippen LogP contribution in [0.15, 0.2) is 36.4 Å². The molecule has 1 heterocycles. The fourth-order valence-electron chi connectivity index (χ4n) is 5.12. The number of hydrogen-bond acceptors (Lipinski definition) is 1. The Morgan fingerprint density at radius 3 is 2.74 bits per heavy atom. The summed E-state index contributed by atoms with van der Waals surface area (Å²) < 4.78 is 6.08. The molecule has 1 nitrogen and oxygen atoms in total. The third-order valence-corrected chi connectivity index (χ3v) is 6.25. The van der Waals surface area contributed by atoms with Gasteiger partial charge >= 0.3 is 0 Å². The minimum absolute atomic E-state index is 0.218. The molecule has 2 unspecified atom stereocenters. The van der Waals surface area contributed by atoms with E-state index in [1.54, 1.807) is 11.1 Å². The summed E-state index contributed by atoms with van der Waals surface area (Å²) in [6.45, 7) is 6.62. The highest BCUT2D eigenvalue weighted by Crippen LogP contribution is 2.63. The maximum absolute atomic E-state index is 6.08. The van der Waals surface area contributed by atoms with Gasteiger partial charge in [-0.3, -0.25) is 0 Å². The van der Waals surface area contributed by atoms with Crippen molar-refractivity contribution in [3.8, 4) is 0 Å². The van der Waals surface area contributed by atoms with Crippen LogP contribution in [0.1, 0.15) is 31.4 Å². The summed E-state index contributed by atoms with van der Waals surface area (Å²) in [6.07, 6.45) is 7.36. The van der Waals surface area contributed by atoms with E-state index in [9.17, 15) is 0 Å². The van der Waals surface area contributed by atoms with E-state index in [0.717, 1.165) is 13.2 Å². The van der Waals surface area contributed by atoms with Gasteiger partial charge in [0.1, 0.15) is 0 Å². The number of rotatable bonds is 0. The summed E-state index contributed by atoms with van der Waals surface area (Å²) in [5.74, 6) is 1.20. The fourth-order valence-corrected chi connectivity index (χ4v) is 5.12. The van der Waals surface area contributed by atoms with Crippen molar-refractivity contribution in [2.45, 2.75) is 32.1 Å². The lowest BCUT2D eigenvalue weighted by molar-refractivity contribution is 0.0534. The Kier molecular flexibility index (Phi) is 2.30. The summed E-state index contributed by atoms with van der Waals surface area (Å²) in [6, 6.07) is 9.07. The molecule has 2 aliphatic carbocycles. The third-order valence-electron chi connectivity index (χ3n) is 6.25. The van der Waals surface area contributed by atoms with E-state index in [1.165, 1.54) is 12.8 Å². The van der Waals surface area contributed by atoms with Gasteiger partial charge in [0, 0.05) is 10.8 Å². The van der Waals surface area contributed by atoms with Crippen LogP contribution in [-0.4, -0.2) is 13.2 Å². The van der Waals surface area contributed by atoms with Gasteiger partial charge in [0.05, 0.1) is 13.2 Å². The normalized spacial score (nSPS) is 43.5. The topological polar surface area (TPSA) is 9.23 Å². The van der Waals surface area contributed by atoms with Crippen LogP contribution in [0.3, 0.4) is 0 Å². The molecule has 0 spiro atoms. The first kappa shape index (κ1) is 11.7. The molecular formula is C18H22O. The van der Waals surface area contributed by atoms with Crippen LogP contribution in [-0.2, 0) is 16.6 Å². The average Bonchev–Trinajstić information content (AvgIpc) is 2.86. The molecule has 0 amide bonds. The molecule has 1 aromatic rings. The van der Waals surface area contributed by atoms with E-state index in [1.807, 2.05) is 0 Å². The van der Waals surface area contributed by atoms with Crippen LogP contribution in [0.25, 0.3) is 0 Å². The second-order valence-electron chi connectivity index (χ2n) is 6.74. The minimum atomic E-state index is 0.218. The number of benzene rings is 1. The maximum atomic E-state index is 6.08. The van der Waals surface area contributed by atoms with Gasteiger partial charge in [-0.2, -0.15) is 0 Å². The molecule has 0 saturated carbocycles. The molecule has 1 fully saturated rings. The number of hydrogen-bond donors (Lipinski definition) is 0. The Bertz CT molecular complexity index is 546. The van der Waals surface area contributed by atoms with E-state index in [2.05, 4.69) is 50.3 Å². The van der Waals surface area contributed by atoms with Crippen molar-refractivity contribution in [2.24, 2.45) is 17.3 Å². The SMILES string of the molecule is C[C@@H]1C=C[C@H](C)C23CCc4ccccc4C12COC3. The fraction of sp³-hybridized carbons (Fsp3) is 0.556. The summed E-state index contributed by atoms with van der Waals surface area (Å²) in [4.78, 5) is 0. The predicted molar refractivity (Wildman–Crippen MR) is 77.2 cm³/mol. The summed E-state index contributed by atoms with van der Waals surface area (Å²) >= 11 is 0. The molecule has 0 radical (unpaired) electrons. The van der Waals surface area contributed by atoms with Crippen molar-refractivity contribution in [1.82, 2.24) is 0 Å². The highest BCUT2D eigenvalue weighted by Gasteiger charge is 2.63. The van der Waals surface area contributed by atoms with Gasteiger partial charge in [-0.1, -0.05) is 50.3 Å². The molecule has 0 aromatic heterocycles. The molecule has 4 atom stereocenters. The highest BCUT2D eigenvalue weighted by atomic mass is 16.5. The van der Waals surface area contributed by atoms with Crippen LogP contribution in [0.2, 0.25) is 0 Å². The standard InChI is InChI=1S/C18H22O/c1-13-7-8-14(2)18-12-19-11-17(13,18)10-9-15-5-3-4-6-16(15)18/h3-8,13-14H,9-12H2,1-2H3/t13-,14+,17?,18?/m0/s1. The van der Waals surface area contributed by atoms with Gasteiger partial charge < -0.3 is 4.74 Å². The first-order valence-corrected chi connectivity index (χ1v) is 7.55. The first-order chi connectivity index (χ1) is 9.21. The van der Waals surface area contributed by atoms with E-state index in [-0.39, 0.29) is 5.41 Å². The Morgan fingerprint density at radius 2 is 1.84 bits per heavy atom. The summed E-state index contributed by atoms with van der Waals surface area (Å²) in [5, 5.41) is 0. The second-order valence-corrected chi connectivity index (χ2v) is 6.74. The molecule has 0 N–H and O–H groups in total. The Hall–Kier alpha value is -1.08. The van der Waals surface area contributed by atoms with Crippen molar-refractivity contribution < 1.29 is 4.74 Å². The van der Waals surface area contributed by atoms with Crippen LogP contribution in [0.5, 0.6) is 0 Å². The van der Waals surface area contributed by atoms with Gasteiger partial charge in [0.25, 0.3) is 0 Å². The van der Waals surface area contributed by atoms with E-state index in [4.69, 9.17) is 4.74 Å². The molecule has 19 heavy (non-hydrogen) atoms. The van der Waals surface area contributed by atoms with Gasteiger partial charge in [-0.25, -0.2) is 0 Å². The molecule has 1 aromatic carbocycles. The lowest BCUT2D eigenvalue weighted by Gasteiger charge is -2.56. The number of aryl methyl sites for hydroxylation is 1. The lowest BCUT2D eigenvalue weighted by Crippen LogP contribution is -2.56. The summed E-state index contributed by atoms with van der Waals surface area (Å²) in [5.41, 5.74) is 3.67. The van der Waals surface area contributed by atoms with Crippen molar-refractivity contribution >= 4 is 0 Å². The van der Waals surface area contributed by atoms with Crippen LogP contribution >= 0.6 is 0 Å². The van der Waals surface area contributed by atoms with Crippen molar-refractivity contribution in [2.75, 3.05) is 13.2 Å². The zero-order valence-electron chi connectivity index (χ0n) is 11.9. The molecule has 1 heteroatoms. The number of allylic oxidation sites excluding steroid dienone is 2. The molecule has 3 aliphatic rings. The smallest absolute Gasteiger partial charge is 0.0575 e. The Balaban J connectivity index is 2.02. The molecule has 1 aliphatic heterocycles. The van der Waals surface area contributed by atoms with Gasteiger partial charge in [-0.15, -0.1) is 0 Å². The Labute approximate surface area is 115 Å². The quantitative estimate of drug-likeness (QED) is 0.641. The van der Waals surface area contributed by atoms with Gasteiger partial charge in [0.2, 0.25) is 0 Å².